The summed E-state index contributed by atoms with van der Waals surface area (Å²) in [5.74, 6) is 0. The molecule has 0 saturated heterocycles. The molecule has 18 heavy (non-hydrogen) atoms. The Morgan fingerprint density at radius 1 is 1.00 bits per heavy atom. The first-order chi connectivity index (χ1) is 8.69. The third-order valence-electron chi connectivity index (χ3n) is 2.91. The zero-order valence-electron chi connectivity index (χ0n) is 10.8. The standard InChI is InChI=1S/C15H18N2O/c1-11-3-8-15(12(2)17-11)16-9-13-4-6-14(10-18)7-5-13/h3-8,16,18H,9-10H2,1-2H3. The number of aliphatic hydroxyl groups is 1. The average Bonchev–Trinajstić information content (AvgIpc) is 2.38. The molecule has 94 valence electrons. The summed E-state index contributed by atoms with van der Waals surface area (Å²) in [5.41, 5.74) is 5.23. The van der Waals surface area contributed by atoms with E-state index in [0.29, 0.717) is 0 Å². The predicted octanol–water partition coefficient (Wildman–Crippen LogP) is 2.80. The number of anilines is 1. The van der Waals surface area contributed by atoms with Crippen LogP contribution in [-0.4, -0.2) is 10.1 Å². The van der Waals surface area contributed by atoms with Gasteiger partial charge in [0.25, 0.3) is 0 Å². The highest BCUT2D eigenvalue weighted by Gasteiger charge is 2.00. The Morgan fingerprint density at radius 3 is 2.28 bits per heavy atom. The smallest absolute Gasteiger partial charge is 0.0681 e. The predicted molar refractivity (Wildman–Crippen MR) is 73.4 cm³/mol. The van der Waals surface area contributed by atoms with Gasteiger partial charge < -0.3 is 10.4 Å². The van der Waals surface area contributed by atoms with Gasteiger partial charge in [0.1, 0.15) is 0 Å². The van der Waals surface area contributed by atoms with Crippen molar-refractivity contribution in [2.75, 3.05) is 5.32 Å². The number of rotatable bonds is 4. The van der Waals surface area contributed by atoms with E-state index in [0.717, 1.165) is 29.2 Å². The van der Waals surface area contributed by atoms with Crippen LogP contribution in [0.4, 0.5) is 5.69 Å². The van der Waals surface area contributed by atoms with Gasteiger partial charge in [-0.2, -0.15) is 0 Å². The van der Waals surface area contributed by atoms with Gasteiger partial charge in [0.15, 0.2) is 0 Å². The van der Waals surface area contributed by atoms with Crippen molar-refractivity contribution >= 4 is 5.69 Å². The molecule has 1 aromatic heterocycles. The van der Waals surface area contributed by atoms with Crippen LogP contribution in [0.2, 0.25) is 0 Å². The Hall–Kier alpha value is -1.87. The van der Waals surface area contributed by atoms with Gasteiger partial charge in [0.2, 0.25) is 0 Å². The molecule has 0 amide bonds. The molecule has 2 rings (SSSR count). The first kappa shape index (κ1) is 12.6. The maximum Gasteiger partial charge on any atom is 0.0681 e. The molecule has 0 radical (unpaired) electrons. The molecule has 3 heteroatoms. The first-order valence-corrected chi connectivity index (χ1v) is 6.06. The topological polar surface area (TPSA) is 45.1 Å². The lowest BCUT2D eigenvalue weighted by Crippen LogP contribution is -2.02. The van der Waals surface area contributed by atoms with Crippen molar-refractivity contribution in [1.29, 1.82) is 0 Å². The van der Waals surface area contributed by atoms with Crippen molar-refractivity contribution in [2.45, 2.75) is 27.0 Å². The van der Waals surface area contributed by atoms with Crippen molar-refractivity contribution in [1.82, 2.24) is 4.98 Å². The van der Waals surface area contributed by atoms with Gasteiger partial charge >= 0.3 is 0 Å². The highest BCUT2D eigenvalue weighted by molar-refractivity contribution is 5.48. The lowest BCUT2D eigenvalue weighted by Gasteiger charge is -2.09. The quantitative estimate of drug-likeness (QED) is 0.866. The third-order valence-corrected chi connectivity index (χ3v) is 2.91. The van der Waals surface area contributed by atoms with Gasteiger partial charge in [-0.3, -0.25) is 4.98 Å². The third kappa shape index (κ3) is 3.08. The van der Waals surface area contributed by atoms with Crippen molar-refractivity contribution in [3.8, 4) is 0 Å². The maximum absolute atomic E-state index is 8.97. The molecule has 1 heterocycles. The van der Waals surface area contributed by atoms with E-state index >= 15 is 0 Å². The van der Waals surface area contributed by atoms with E-state index < -0.39 is 0 Å². The molecule has 2 aromatic rings. The summed E-state index contributed by atoms with van der Waals surface area (Å²) in [4.78, 5) is 4.42. The highest BCUT2D eigenvalue weighted by Crippen LogP contribution is 2.14. The van der Waals surface area contributed by atoms with Crippen LogP contribution in [0.5, 0.6) is 0 Å². The molecule has 0 aliphatic heterocycles. The summed E-state index contributed by atoms with van der Waals surface area (Å²) >= 11 is 0. The van der Waals surface area contributed by atoms with Gasteiger partial charge in [-0.15, -0.1) is 0 Å². The lowest BCUT2D eigenvalue weighted by atomic mass is 10.1. The molecule has 3 nitrogen and oxygen atoms in total. The van der Waals surface area contributed by atoms with Gasteiger partial charge in [0.05, 0.1) is 18.0 Å². The fourth-order valence-electron chi connectivity index (χ4n) is 1.83. The number of benzene rings is 1. The van der Waals surface area contributed by atoms with Crippen LogP contribution < -0.4 is 5.32 Å². The summed E-state index contributed by atoms with van der Waals surface area (Å²) in [6.07, 6.45) is 0. The molecule has 0 saturated carbocycles. The van der Waals surface area contributed by atoms with E-state index in [4.69, 9.17) is 5.11 Å². The van der Waals surface area contributed by atoms with E-state index in [1.165, 1.54) is 5.56 Å². The van der Waals surface area contributed by atoms with Crippen molar-refractivity contribution in [3.05, 3.63) is 58.9 Å². The van der Waals surface area contributed by atoms with Crippen LogP contribution >= 0.6 is 0 Å². The van der Waals surface area contributed by atoms with Crippen LogP contribution in [0.25, 0.3) is 0 Å². The fraction of sp³-hybridized carbons (Fsp3) is 0.267. The van der Waals surface area contributed by atoms with Crippen molar-refractivity contribution in [2.24, 2.45) is 0 Å². The van der Waals surface area contributed by atoms with Crippen LogP contribution in [-0.2, 0) is 13.2 Å². The van der Waals surface area contributed by atoms with Gasteiger partial charge in [-0.05, 0) is 37.1 Å². The minimum atomic E-state index is 0.0920. The van der Waals surface area contributed by atoms with Crippen LogP contribution in [0, 0.1) is 13.8 Å². The highest BCUT2D eigenvalue weighted by atomic mass is 16.3. The Morgan fingerprint density at radius 2 is 1.67 bits per heavy atom. The zero-order chi connectivity index (χ0) is 13.0. The zero-order valence-corrected chi connectivity index (χ0v) is 10.8. The molecule has 0 unspecified atom stereocenters. The number of nitrogens with zero attached hydrogens (tertiary/aromatic N) is 1. The molecule has 0 aliphatic carbocycles. The summed E-state index contributed by atoms with van der Waals surface area (Å²) < 4.78 is 0. The molecular weight excluding hydrogens is 224 g/mol. The molecular formula is C15H18N2O. The Labute approximate surface area is 108 Å². The summed E-state index contributed by atoms with van der Waals surface area (Å²) in [6.45, 7) is 4.85. The number of aromatic nitrogens is 1. The number of aliphatic hydroxyl groups excluding tert-OH is 1. The van der Waals surface area contributed by atoms with Gasteiger partial charge in [0, 0.05) is 12.2 Å². The van der Waals surface area contributed by atoms with Crippen LogP contribution in [0.1, 0.15) is 22.5 Å². The van der Waals surface area contributed by atoms with Gasteiger partial charge in [-0.25, -0.2) is 0 Å². The minimum Gasteiger partial charge on any atom is -0.392 e. The van der Waals surface area contributed by atoms with E-state index in [1.807, 2.05) is 44.2 Å². The monoisotopic (exact) mass is 242 g/mol. The Kier molecular flexibility index (Phi) is 3.95. The van der Waals surface area contributed by atoms with Crippen molar-refractivity contribution < 1.29 is 5.11 Å². The van der Waals surface area contributed by atoms with E-state index in [-0.39, 0.29) is 6.61 Å². The maximum atomic E-state index is 8.97. The molecule has 0 fully saturated rings. The first-order valence-electron chi connectivity index (χ1n) is 6.06. The van der Waals surface area contributed by atoms with Crippen LogP contribution in [0.3, 0.4) is 0 Å². The minimum absolute atomic E-state index is 0.0920. The largest absolute Gasteiger partial charge is 0.392 e. The second-order valence-corrected chi connectivity index (χ2v) is 4.41. The van der Waals surface area contributed by atoms with E-state index in [1.54, 1.807) is 0 Å². The van der Waals surface area contributed by atoms with Gasteiger partial charge in [-0.1, -0.05) is 24.3 Å². The molecule has 0 atom stereocenters. The lowest BCUT2D eigenvalue weighted by molar-refractivity contribution is 0.282. The van der Waals surface area contributed by atoms with E-state index in [2.05, 4.69) is 16.4 Å². The summed E-state index contributed by atoms with van der Waals surface area (Å²) in [7, 11) is 0. The number of nitrogens with one attached hydrogen (secondary N) is 1. The normalized spacial score (nSPS) is 10.4. The summed E-state index contributed by atoms with van der Waals surface area (Å²) in [5, 5.41) is 12.3. The SMILES string of the molecule is Cc1ccc(NCc2ccc(CO)cc2)c(C)n1. The molecule has 0 bridgehead atoms. The Bertz CT molecular complexity index is 521. The number of hydrogen-bond acceptors (Lipinski definition) is 3. The molecule has 0 aliphatic rings. The molecule has 0 spiro atoms. The van der Waals surface area contributed by atoms with Crippen LogP contribution in [0.15, 0.2) is 36.4 Å². The number of pyridine rings is 1. The van der Waals surface area contributed by atoms with E-state index in [9.17, 15) is 0 Å². The summed E-state index contributed by atoms with van der Waals surface area (Å²) in [6, 6.07) is 12.0. The fourth-order valence-corrected chi connectivity index (χ4v) is 1.83. The molecule has 2 N–H and O–H groups in total. The number of aryl methyl sites for hydroxylation is 2. The molecule has 1 aromatic carbocycles. The van der Waals surface area contributed by atoms with Crippen molar-refractivity contribution in [3.63, 3.8) is 0 Å². The second kappa shape index (κ2) is 5.65. The Balaban J connectivity index is 2.02. The second-order valence-electron chi connectivity index (χ2n) is 4.41. The number of hydrogen-bond donors (Lipinski definition) is 2. The average molecular weight is 242 g/mol.